The topological polar surface area (TPSA) is 78.9 Å². The van der Waals surface area contributed by atoms with Gasteiger partial charge in [-0.05, 0) is 109 Å². The van der Waals surface area contributed by atoms with E-state index in [-0.39, 0.29) is 44.0 Å². The van der Waals surface area contributed by atoms with Crippen LogP contribution in [0.15, 0.2) is 109 Å². The van der Waals surface area contributed by atoms with Crippen LogP contribution in [0.2, 0.25) is 0 Å². The first-order valence-corrected chi connectivity index (χ1v) is 23.9. The maximum Gasteiger partial charge on any atom is 0.306 e. The van der Waals surface area contributed by atoms with Crippen LogP contribution in [-0.4, -0.2) is 37.2 Å². The van der Waals surface area contributed by atoms with Crippen molar-refractivity contribution >= 4 is 17.9 Å². The first-order chi connectivity index (χ1) is 29.5. The Morgan fingerprint density at radius 2 is 0.733 bits per heavy atom. The molecular formula is C54H86O6. The zero-order valence-electron chi connectivity index (χ0n) is 38.4. The van der Waals surface area contributed by atoms with Gasteiger partial charge in [0.1, 0.15) is 13.2 Å². The number of esters is 3. The lowest BCUT2D eigenvalue weighted by Gasteiger charge is -2.18. The number of hydrogen-bond acceptors (Lipinski definition) is 6. The minimum absolute atomic E-state index is 0.121. The fourth-order valence-electron chi connectivity index (χ4n) is 5.89. The molecule has 0 heterocycles. The summed E-state index contributed by atoms with van der Waals surface area (Å²) in [5.41, 5.74) is 0. The molecule has 0 bridgehead atoms. The van der Waals surface area contributed by atoms with E-state index in [4.69, 9.17) is 14.2 Å². The standard InChI is InChI=1S/C54H86O6/c1-4-7-10-13-16-19-22-24-26-27-28-30-32-35-38-41-44-47-53(56)59-50-51(49-58-52(55)46-43-40-37-34-31-21-18-15-12-9-6-3)60-54(57)48-45-42-39-36-33-29-25-23-20-17-14-11-8-5-2/h8,11,15-21,24-26,28-31,35,38,51H,4-7,9-10,12-14,22-23,27,32-34,36-37,39-50H2,1-3H3/b11-8-,18-15-,19-16-,20-17-,26-24-,29-25-,30-28-,31-21-,38-35-. The zero-order valence-corrected chi connectivity index (χ0v) is 38.4. The Morgan fingerprint density at radius 1 is 0.367 bits per heavy atom. The Kier molecular flexibility index (Phi) is 44.6. The van der Waals surface area contributed by atoms with Gasteiger partial charge in [0.2, 0.25) is 0 Å². The van der Waals surface area contributed by atoms with Gasteiger partial charge in [0.15, 0.2) is 6.10 Å². The summed E-state index contributed by atoms with van der Waals surface area (Å²) in [4.78, 5) is 37.8. The maximum atomic E-state index is 12.7. The molecule has 0 aromatic heterocycles. The van der Waals surface area contributed by atoms with E-state index in [1.54, 1.807) is 0 Å². The number of hydrogen-bond donors (Lipinski definition) is 0. The fourth-order valence-corrected chi connectivity index (χ4v) is 5.89. The van der Waals surface area contributed by atoms with Gasteiger partial charge in [0.25, 0.3) is 0 Å². The van der Waals surface area contributed by atoms with Crippen LogP contribution in [-0.2, 0) is 28.6 Å². The van der Waals surface area contributed by atoms with Crippen LogP contribution in [0.4, 0.5) is 0 Å². The largest absolute Gasteiger partial charge is 0.462 e. The van der Waals surface area contributed by atoms with Gasteiger partial charge in [0, 0.05) is 19.3 Å². The average Bonchev–Trinajstić information content (AvgIpc) is 3.24. The van der Waals surface area contributed by atoms with Crippen LogP contribution in [0.3, 0.4) is 0 Å². The molecule has 0 saturated carbocycles. The lowest BCUT2D eigenvalue weighted by atomic mass is 10.1. The van der Waals surface area contributed by atoms with E-state index in [2.05, 4.69) is 130 Å². The lowest BCUT2D eigenvalue weighted by molar-refractivity contribution is -0.167. The van der Waals surface area contributed by atoms with Crippen molar-refractivity contribution in [2.45, 2.75) is 200 Å². The Bertz CT molecular complexity index is 1280. The Balaban J connectivity index is 4.56. The number of carbonyl (C=O) groups is 3. The molecule has 0 fully saturated rings. The summed E-state index contributed by atoms with van der Waals surface area (Å²) < 4.78 is 16.6. The van der Waals surface area contributed by atoms with E-state index in [1.807, 2.05) is 0 Å². The van der Waals surface area contributed by atoms with Crippen molar-refractivity contribution < 1.29 is 28.6 Å². The molecule has 6 heteroatoms. The van der Waals surface area contributed by atoms with Crippen molar-refractivity contribution in [2.24, 2.45) is 0 Å². The maximum absolute atomic E-state index is 12.7. The van der Waals surface area contributed by atoms with Gasteiger partial charge in [-0.15, -0.1) is 0 Å². The molecule has 338 valence electrons. The molecule has 0 saturated heterocycles. The predicted octanol–water partition coefficient (Wildman–Crippen LogP) is 15.6. The van der Waals surface area contributed by atoms with Gasteiger partial charge in [0.05, 0.1) is 0 Å². The molecule has 0 aliphatic heterocycles. The van der Waals surface area contributed by atoms with E-state index < -0.39 is 6.10 Å². The van der Waals surface area contributed by atoms with Crippen LogP contribution < -0.4 is 0 Å². The van der Waals surface area contributed by atoms with Gasteiger partial charge in [-0.2, -0.15) is 0 Å². The van der Waals surface area contributed by atoms with Gasteiger partial charge >= 0.3 is 17.9 Å². The van der Waals surface area contributed by atoms with Crippen LogP contribution >= 0.6 is 0 Å². The summed E-state index contributed by atoms with van der Waals surface area (Å²) in [6.45, 7) is 6.32. The van der Waals surface area contributed by atoms with Crippen LogP contribution in [0.1, 0.15) is 194 Å². The van der Waals surface area contributed by atoms with E-state index in [0.717, 1.165) is 109 Å². The quantitative estimate of drug-likeness (QED) is 0.0201. The normalized spacial score (nSPS) is 13.1. The highest BCUT2D eigenvalue weighted by molar-refractivity contribution is 5.71. The molecule has 0 aromatic carbocycles. The molecule has 1 unspecified atom stereocenters. The second kappa shape index (κ2) is 47.7. The lowest BCUT2D eigenvalue weighted by Crippen LogP contribution is -2.30. The third-order valence-electron chi connectivity index (χ3n) is 9.51. The first kappa shape index (κ1) is 56.1. The summed E-state index contributed by atoms with van der Waals surface area (Å²) in [5.74, 6) is -1.04. The van der Waals surface area contributed by atoms with Gasteiger partial charge in [-0.25, -0.2) is 0 Å². The van der Waals surface area contributed by atoms with Crippen molar-refractivity contribution in [1.82, 2.24) is 0 Å². The minimum Gasteiger partial charge on any atom is -0.462 e. The third-order valence-corrected chi connectivity index (χ3v) is 9.51. The second-order valence-corrected chi connectivity index (χ2v) is 15.3. The highest BCUT2D eigenvalue weighted by Gasteiger charge is 2.19. The Labute approximate surface area is 368 Å². The number of rotatable bonds is 41. The monoisotopic (exact) mass is 831 g/mol. The van der Waals surface area contributed by atoms with E-state index in [1.165, 1.54) is 38.5 Å². The summed E-state index contributed by atoms with van der Waals surface area (Å²) in [7, 11) is 0. The second-order valence-electron chi connectivity index (χ2n) is 15.3. The molecule has 0 spiro atoms. The first-order valence-electron chi connectivity index (χ1n) is 23.9. The van der Waals surface area contributed by atoms with Crippen molar-refractivity contribution in [3.8, 4) is 0 Å². The highest BCUT2D eigenvalue weighted by atomic mass is 16.6. The molecule has 0 aromatic rings. The summed E-state index contributed by atoms with van der Waals surface area (Å²) in [6.07, 6.45) is 63.6. The SMILES string of the molecule is CC/C=C\C/C=C\C/C=C\CCCCCCC(=O)OC(COC(=O)CCC/C=C\C/C=C\C/C=C\C/C=C\CCCCC)COC(=O)CCCCC/C=C\C=C/CCCC. The number of unbranched alkanes of at least 4 members (excludes halogenated alkanes) is 13. The highest BCUT2D eigenvalue weighted by Crippen LogP contribution is 2.11. The van der Waals surface area contributed by atoms with Crippen molar-refractivity contribution in [1.29, 1.82) is 0 Å². The summed E-state index contributed by atoms with van der Waals surface area (Å²) in [5, 5.41) is 0. The van der Waals surface area contributed by atoms with Gasteiger partial charge in [-0.3, -0.25) is 14.4 Å². The minimum atomic E-state index is -0.823. The molecule has 0 radical (unpaired) electrons. The summed E-state index contributed by atoms with van der Waals surface area (Å²) >= 11 is 0. The third kappa shape index (κ3) is 45.2. The van der Waals surface area contributed by atoms with Crippen LogP contribution in [0, 0.1) is 0 Å². The van der Waals surface area contributed by atoms with Crippen molar-refractivity contribution in [2.75, 3.05) is 13.2 Å². The molecule has 0 amide bonds. The molecule has 60 heavy (non-hydrogen) atoms. The predicted molar refractivity (Wildman–Crippen MR) is 256 cm³/mol. The summed E-state index contributed by atoms with van der Waals surface area (Å²) in [6, 6.07) is 0. The average molecular weight is 831 g/mol. The smallest absolute Gasteiger partial charge is 0.306 e. The Morgan fingerprint density at radius 3 is 1.23 bits per heavy atom. The molecule has 1 atom stereocenters. The number of ether oxygens (including phenoxy) is 3. The van der Waals surface area contributed by atoms with E-state index in [9.17, 15) is 14.4 Å². The molecule has 0 N–H and O–H groups in total. The molecular weight excluding hydrogens is 745 g/mol. The Hall–Kier alpha value is -3.93. The number of carbonyl (C=O) groups excluding carboxylic acids is 3. The molecule has 0 rings (SSSR count). The molecule has 0 aliphatic rings. The van der Waals surface area contributed by atoms with Crippen molar-refractivity contribution in [3.05, 3.63) is 109 Å². The number of allylic oxidation sites excluding steroid dienone is 18. The molecule has 0 aliphatic carbocycles. The molecule has 6 nitrogen and oxygen atoms in total. The zero-order chi connectivity index (χ0) is 43.7. The fraction of sp³-hybridized carbons (Fsp3) is 0.611. The van der Waals surface area contributed by atoms with Gasteiger partial charge < -0.3 is 14.2 Å². The van der Waals surface area contributed by atoms with Crippen molar-refractivity contribution in [3.63, 3.8) is 0 Å². The van der Waals surface area contributed by atoms with Crippen LogP contribution in [0.5, 0.6) is 0 Å². The van der Waals surface area contributed by atoms with E-state index in [0.29, 0.717) is 12.8 Å². The van der Waals surface area contributed by atoms with E-state index >= 15 is 0 Å². The van der Waals surface area contributed by atoms with Gasteiger partial charge in [-0.1, -0.05) is 175 Å². The van der Waals surface area contributed by atoms with Crippen LogP contribution in [0.25, 0.3) is 0 Å².